The number of amides is 1. The Morgan fingerprint density at radius 3 is 2.45 bits per heavy atom. The number of aromatic nitrogens is 4. The monoisotopic (exact) mass is 415 g/mol. The van der Waals surface area contributed by atoms with Crippen LogP contribution in [0.3, 0.4) is 0 Å². The van der Waals surface area contributed by atoms with Crippen molar-refractivity contribution in [1.29, 1.82) is 0 Å². The minimum Gasteiger partial charge on any atom is -0.333 e. The zero-order valence-electron chi connectivity index (χ0n) is 17.5. The van der Waals surface area contributed by atoms with E-state index in [9.17, 15) is 9.18 Å². The van der Waals surface area contributed by atoms with Gasteiger partial charge in [0, 0.05) is 19.4 Å². The summed E-state index contributed by atoms with van der Waals surface area (Å²) >= 11 is 0. The molecule has 0 saturated heterocycles. The van der Waals surface area contributed by atoms with Crippen molar-refractivity contribution in [1.82, 2.24) is 24.9 Å². The maximum absolute atomic E-state index is 13.2. The van der Waals surface area contributed by atoms with Crippen LogP contribution in [0.15, 0.2) is 73.1 Å². The molecule has 0 N–H and O–H groups in total. The van der Waals surface area contributed by atoms with E-state index < -0.39 is 0 Å². The largest absolute Gasteiger partial charge is 0.333 e. The van der Waals surface area contributed by atoms with Gasteiger partial charge in [0.05, 0.1) is 17.4 Å². The first kappa shape index (κ1) is 20.4. The average molecular weight is 415 g/mol. The molecule has 2 aromatic carbocycles. The number of hydrogen-bond acceptors (Lipinski definition) is 4. The Balaban J connectivity index is 1.58. The second kappa shape index (κ2) is 8.47. The molecule has 4 rings (SSSR count). The van der Waals surface area contributed by atoms with Crippen molar-refractivity contribution >= 4 is 5.91 Å². The lowest BCUT2D eigenvalue weighted by Crippen LogP contribution is -2.30. The summed E-state index contributed by atoms with van der Waals surface area (Å²) in [7, 11) is 1.75. The highest BCUT2D eigenvalue weighted by molar-refractivity contribution is 5.93. The Morgan fingerprint density at radius 2 is 1.74 bits per heavy atom. The Kier molecular flexibility index (Phi) is 5.58. The van der Waals surface area contributed by atoms with Crippen molar-refractivity contribution < 1.29 is 9.18 Å². The number of nitrogens with zero attached hydrogens (tertiary/aromatic N) is 5. The number of halogens is 1. The molecule has 0 fully saturated rings. The van der Waals surface area contributed by atoms with E-state index in [1.165, 1.54) is 16.8 Å². The quantitative estimate of drug-likeness (QED) is 0.478. The predicted octanol–water partition coefficient (Wildman–Crippen LogP) is 4.61. The molecule has 31 heavy (non-hydrogen) atoms. The second-order valence-corrected chi connectivity index (χ2v) is 7.37. The fourth-order valence-corrected chi connectivity index (χ4v) is 3.44. The van der Waals surface area contributed by atoms with E-state index >= 15 is 0 Å². The van der Waals surface area contributed by atoms with Gasteiger partial charge in [0.15, 0.2) is 5.69 Å². The van der Waals surface area contributed by atoms with Gasteiger partial charge in [-0.1, -0.05) is 23.4 Å². The number of carbonyl (C=O) groups excluding carboxylic acids is 1. The van der Waals surface area contributed by atoms with Crippen LogP contribution in [0.2, 0.25) is 0 Å². The van der Waals surface area contributed by atoms with E-state index in [0.29, 0.717) is 11.4 Å². The molecule has 6 nitrogen and oxygen atoms in total. The topological polar surface area (TPSA) is 63.9 Å². The molecule has 0 saturated carbocycles. The normalized spacial score (nSPS) is 11.9. The average Bonchev–Trinajstić information content (AvgIpc) is 3.20. The van der Waals surface area contributed by atoms with Gasteiger partial charge < -0.3 is 4.90 Å². The molecule has 0 unspecified atom stereocenters. The Bertz CT molecular complexity index is 1200. The van der Waals surface area contributed by atoms with Gasteiger partial charge in [0.25, 0.3) is 5.91 Å². The summed E-state index contributed by atoms with van der Waals surface area (Å²) in [4.78, 5) is 18.9. The van der Waals surface area contributed by atoms with Crippen LogP contribution in [0.4, 0.5) is 4.39 Å². The molecular formula is C24H22FN5O. The second-order valence-electron chi connectivity index (χ2n) is 7.37. The molecule has 7 heteroatoms. The number of rotatable bonds is 5. The van der Waals surface area contributed by atoms with Crippen molar-refractivity contribution in [3.8, 4) is 16.8 Å². The molecule has 0 aliphatic rings. The molecule has 2 heterocycles. The summed E-state index contributed by atoms with van der Waals surface area (Å²) in [6.07, 6.45) is 3.52. The standard InChI is InChI=1S/C24H22FN5O/c1-16(19-5-4-6-20(15-19)18-11-13-26-14-12-18)29(3)24(31)23-17(2)30(28-27-23)22-9-7-21(25)8-10-22/h4-16H,1-3H3/t16-/m0/s1. The molecule has 0 radical (unpaired) electrons. The number of pyridine rings is 1. The molecule has 2 aromatic heterocycles. The highest BCUT2D eigenvalue weighted by Gasteiger charge is 2.25. The van der Waals surface area contributed by atoms with Gasteiger partial charge in [-0.25, -0.2) is 9.07 Å². The first-order valence-electron chi connectivity index (χ1n) is 9.91. The smallest absolute Gasteiger partial charge is 0.276 e. The Labute approximate surface area is 180 Å². The van der Waals surface area contributed by atoms with Gasteiger partial charge in [0.2, 0.25) is 0 Å². The van der Waals surface area contributed by atoms with E-state index in [2.05, 4.69) is 21.4 Å². The molecule has 0 spiro atoms. The summed E-state index contributed by atoms with van der Waals surface area (Å²) in [5.41, 5.74) is 4.65. The first-order chi connectivity index (χ1) is 15.0. The summed E-state index contributed by atoms with van der Waals surface area (Å²) in [6.45, 7) is 3.75. The fourth-order valence-electron chi connectivity index (χ4n) is 3.44. The van der Waals surface area contributed by atoms with Crippen LogP contribution >= 0.6 is 0 Å². The third-order valence-electron chi connectivity index (χ3n) is 5.45. The lowest BCUT2D eigenvalue weighted by Gasteiger charge is -2.25. The summed E-state index contributed by atoms with van der Waals surface area (Å²) in [5, 5.41) is 8.19. The maximum atomic E-state index is 13.2. The lowest BCUT2D eigenvalue weighted by atomic mass is 10.00. The van der Waals surface area contributed by atoms with Crippen LogP contribution in [-0.4, -0.2) is 37.8 Å². The lowest BCUT2D eigenvalue weighted by molar-refractivity contribution is 0.0736. The van der Waals surface area contributed by atoms with E-state index in [-0.39, 0.29) is 23.5 Å². The third-order valence-corrected chi connectivity index (χ3v) is 5.45. The van der Waals surface area contributed by atoms with Crippen LogP contribution in [0.5, 0.6) is 0 Å². The summed E-state index contributed by atoms with van der Waals surface area (Å²) < 4.78 is 14.8. The van der Waals surface area contributed by atoms with E-state index in [4.69, 9.17) is 0 Å². The predicted molar refractivity (Wildman–Crippen MR) is 116 cm³/mol. The van der Waals surface area contributed by atoms with Gasteiger partial charge in [0.1, 0.15) is 5.82 Å². The first-order valence-corrected chi connectivity index (χ1v) is 9.91. The molecule has 0 aliphatic carbocycles. The number of hydrogen-bond donors (Lipinski definition) is 0. The highest BCUT2D eigenvalue weighted by Crippen LogP contribution is 2.26. The number of benzene rings is 2. The van der Waals surface area contributed by atoms with Gasteiger partial charge in [-0.2, -0.15) is 0 Å². The van der Waals surface area contributed by atoms with Crippen LogP contribution in [0, 0.1) is 12.7 Å². The zero-order valence-corrected chi connectivity index (χ0v) is 17.5. The molecule has 1 atom stereocenters. The van der Waals surface area contributed by atoms with Crippen LogP contribution < -0.4 is 0 Å². The zero-order chi connectivity index (χ0) is 22.0. The van der Waals surface area contributed by atoms with Gasteiger partial charge in [-0.05, 0) is 73.0 Å². The van der Waals surface area contributed by atoms with Crippen molar-refractivity contribution in [2.24, 2.45) is 0 Å². The van der Waals surface area contributed by atoms with Crippen LogP contribution in [-0.2, 0) is 0 Å². The Morgan fingerprint density at radius 1 is 1.03 bits per heavy atom. The van der Waals surface area contributed by atoms with E-state index in [1.54, 1.807) is 43.4 Å². The molecule has 4 aromatic rings. The molecule has 0 bridgehead atoms. The van der Waals surface area contributed by atoms with Gasteiger partial charge in [-0.3, -0.25) is 9.78 Å². The fraction of sp³-hybridized carbons (Fsp3) is 0.167. The van der Waals surface area contributed by atoms with Crippen molar-refractivity contribution in [2.45, 2.75) is 19.9 Å². The maximum Gasteiger partial charge on any atom is 0.276 e. The van der Waals surface area contributed by atoms with Crippen LogP contribution in [0.25, 0.3) is 16.8 Å². The Hall–Kier alpha value is -3.87. The molecule has 1 amide bonds. The number of carbonyl (C=O) groups is 1. The summed E-state index contributed by atoms with van der Waals surface area (Å²) in [5.74, 6) is -0.562. The SMILES string of the molecule is Cc1c(C(=O)N(C)[C@@H](C)c2cccc(-c3ccncc3)c2)nnn1-c1ccc(F)cc1. The minimum atomic E-state index is -0.333. The minimum absolute atomic E-state index is 0.176. The van der Waals surface area contributed by atoms with Crippen molar-refractivity contribution in [3.63, 3.8) is 0 Å². The molecular weight excluding hydrogens is 393 g/mol. The van der Waals surface area contributed by atoms with Crippen molar-refractivity contribution in [2.75, 3.05) is 7.05 Å². The van der Waals surface area contributed by atoms with Gasteiger partial charge >= 0.3 is 0 Å². The van der Waals surface area contributed by atoms with E-state index in [0.717, 1.165) is 16.7 Å². The van der Waals surface area contributed by atoms with E-state index in [1.807, 2.05) is 37.3 Å². The van der Waals surface area contributed by atoms with Crippen molar-refractivity contribution in [3.05, 3.63) is 95.8 Å². The third kappa shape index (κ3) is 4.07. The summed E-state index contributed by atoms with van der Waals surface area (Å²) in [6, 6.07) is 17.7. The highest BCUT2D eigenvalue weighted by atomic mass is 19.1. The molecule has 156 valence electrons. The van der Waals surface area contributed by atoms with Crippen LogP contribution in [0.1, 0.15) is 34.7 Å². The molecule has 0 aliphatic heterocycles. The van der Waals surface area contributed by atoms with Gasteiger partial charge in [-0.15, -0.1) is 5.10 Å².